The molecule has 4 aliphatic heterocycles. The molecule has 4 aliphatic rings. The van der Waals surface area contributed by atoms with Crippen LogP contribution in [-0.4, -0.2) is 68.8 Å². The van der Waals surface area contributed by atoms with Crippen molar-refractivity contribution >= 4 is 47.9 Å². The first kappa shape index (κ1) is 24.6. The van der Waals surface area contributed by atoms with Gasteiger partial charge in [0.05, 0.1) is 29.9 Å². The first-order valence-electron chi connectivity index (χ1n) is 11.9. The number of nitrogens with zero attached hydrogens (tertiary/aromatic N) is 2. The zero-order chi connectivity index (χ0) is 26.1. The number of fused-ring (bicyclic) bond motifs is 6. The number of amidine groups is 1. The quantitative estimate of drug-likeness (QED) is 0.545. The van der Waals surface area contributed by atoms with Gasteiger partial charge in [-0.05, 0) is 35.8 Å². The summed E-state index contributed by atoms with van der Waals surface area (Å²) in [7, 11) is -7.56. The Balaban J connectivity index is 1.39. The molecule has 5 heterocycles. The lowest BCUT2D eigenvalue weighted by Gasteiger charge is -2.42. The Labute approximate surface area is 218 Å². The van der Waals surface area contributed by atoms with Crippen LogP contribution in [0.5, 0.6) is 0 Å². The fourth-order valence-electron chi connectivity index (χ4n) is 5.75. The SMILES string of the molecule is CS(=O)(=O)CCc1csc2c1S(=O)(=O)N=C(C1=C(O)C3C4CCC(O4)C3N(Cc3ccccc3)C1=O)N2. The number of thiophene rings is 1. The molecule has 1 aromatic carbocycles. The number of ether oxygens (including phenoxy) is 1. The fourth-order valence-corrected chi connectivity index (χ4v) is 9.01. The van der Waals surface area contributed by atoms with Gasteiger partial charge in [0.25, 0.3) is 15.9 Å². The normalized spacial score (nSPS) is 28.1. The lowest BCUT2D eigenvalue weighted by Crippen LogP contribution is -2.55. The van der Waals surface area contributed by atoms with Gasteiger partial charge in [0.2, 0.25) is 0 Å². The lowest BCUT2D eigenvalue weighted by atomic mass is 9.78. The number of hydrogen-bond donors (Lipinski definition) is 2. The highest BCUT2D eigenvalue weighted by Gasteiger charge is 2.58. The van der Waals surface area contributed by atoms with Gasteiger partial charge in [0.15, 0.2) is 5.84 Å². The van der Waals surface area contributed by atoms with E-state index in [9.17, 15) is 26.7 Å². The Kier molecular flexibility index (Phi) is 5.75. The maximum Gasteiger partial charge on any atom is 0.287 e. The molecule has 0 aliphatic carbocycles. The van der Waals surface area contributed by atoms with E-state index >= 15 is 0 Å². The van der Waals surface area contributed by atoms with E-state index in [0.29, 0.717) is 5.56 Å². The van der Waals surface area contributed by atoms with E-state index in [1.54, 1.807) is 10.3 Å². The molecule has 1 amide bonds. The van der Waals surface area contributed by atoms with E-state index in [0.717, 1.165) is 36.0 Å². The number of carbonyl (C=O) groups is 1. The van der Waals surface area contributed by atoms with Crippen molar-refractivity contribution < 1.29 is 31.5 Å². The molecule has 10 nitrogen and oxygen atoms in total. The lowest BCUT2D eigenvalue weighted by molar-refractivity contribution is -0.133. The molecule has 6 rings (SSSR count). The summed E-state index contributed by atoms with van der Waals surface area (Å²) in [5, 5.41) is 16.1. The van der Waals surface area contributed by atoms with Crippen molar-refractivity contribution in [3.05, 3.63) is 58.2 Å². The van der Waals surface area contributed by atoms with Crippen LogP contribution in [0.4, 0.5) is 5.00 Å². The maximum absolute atomic E-state index is 13.9. The van der Waals surface area contributed by atoms with Crippen LogP contribution >= 0.6 is 11.3 Å². The summed E-state index contributed by atoms with van der Waals surface area (Å²) in [5.41, 5.74) is 1.08. The van der Waals surface area contributed by atoms with Crippen molar-refractivity contribution in [3.63, 3.8) is 0 Å². The van der Waals surface area contributed by atoms with Crippen molar-refractivity contribution in [1.82, 2.24) is 4.90 Å². The maximum atomic E-state index is 13.9. The number of amides is 1. The summed E-state index contributed by atoms with van der Waals surface area (Å²) in [6.07, 6.45) is 2.18. The Morgan fingerprint density at radius 1 is 1.22 bits per heavy atom. The molecule has 13 heteroatoms. The molecule has 2 fully saturated rings. The van der Waals surface area contributed by atoms with Gasteiger partial charge in [-0.1, -0.05) is 30.3 Å². The third-order valence-corrected chi connectivity index (χ3v) is 10.8. The molecule has 2 saturated heterocycles. The first-order valence-corrected chi connectivity index (χ1v) is 16.3. The summed E-state index contributed by atoms with van der Waals surface area (Å²) in [6, 6.07) is 9.11. The number of carbonyl (C=O) groups excluding carboxylic acids is 1. The smallest absolute Gasteiger partial charge is 0.287 e. The zero-order valence-corrected chi connectivity index (χ0v) is 22.3. The molecule has 2 aromatic rings. The second-order valence-electron chi connectivity index (χ2n) is 9.82. The highest BCUT2D eigenvalue weighted by Crippen LogP contribution is 2.49. The molecule has 2 bridgehead atoms. The number of aliphatic hydroxyl groups excluding tert-OH is 1. The number of benzene rings is 1. The Morgan fingerprint density at radius 2 is 1.95 bits per heavy atom. The molecule has 0 spiro atoms. The van der Waals surface area contributed by atoms with Gasteiger partial charge in [0.1, 0.15) is 31.1 Å². The topological polar surface area (TPSA) is 142 Å². The molecular formula is C24H25N3O7S3. The number of sulfonamides is 1. The Bertz CT molecular complexity index is 1560. The number of nitrogens with one attached hydrogen (secondary N) is 1. The van der Waals surface area contributed by atoms with E-state index in [4.69, 9.17) is 4.74 Å². The van der Waals surface area contributed by atoms with Crippen LogP contribution in [0.2, 0.25) is 0 Å². The average molecular weight is 564 g/mol. The number of aryl methyl sites for hydroxylation is 1. The van der Waals surface area contributed by atoms with Crippen LogP contribution in [0.3, 0.4) is 0 Å². The first-order chi connectivity index (χ1) is 17.5. The van der Waals surface area contributed by atoms with Crippen LogP contribution in [0.1, 0.15) is 24.0 Å². The minimum Gasteiger partial charge on any atom is -0.511 e. The number of rotatable bonds is 6. The van der Waals surface area contributed by atoms with Crippen molar-refractivity contribution in [1.29, 1.82) is 0 Å². The van der Waals surface area contributed by atoms with Crippen LogP contribution in [0.15, 0.2) is 56.3 Å². The zero-order valence-electron chi connectivity index (χ0n) is 19.8. The number of anilines is 1. The van der Waals surface area contributed by atoms with Gasteiger partial charge in [-0.2, -0.15) is 8.42 Å². The van der Waals surface area contributed by atoms with Gasteiger partial charge in [-0.3, -0.25) is 4.79 Å². The fraction of sp³-hybridized carbons (Fsp3) is 0.417. The van der Waals surface area contributed by atoms with Crippen molar-refractivity contribution in [3.8, 4) is 0 Å². The van der Waals surface area contributed by atoms with Gasteiger partial charge in [0, 0.05) is 12.8 Å². The van der Waals surface area contributed by atoms with Crippen molar-refractivity contribution in [2.45, 2.75) is 49.0 Å². The molecule has 196 valence electrons. The summed E-state index contributed by atoms with van der Waals surface area (Å²) >= 11 is 1.09. The summed E-state index contributed by atoms with van der Waals surface area (Å²) < 4.78 is 59.7. The molecule has 1 aromatic heterocycles. The Morgan fingerprint density at radius 3 is 2.68 bits per heavy atom. The molecular weight excluding hydrogens is 538 g/mol. The Hall–Kier alpha value is -2.74. The second-order valence-corrected chi connectivity index (χ2v) is 14.5. The predicted molar refractivity (Wildman–Crippen MR) is 138 cm³/mol. The number of aliphatic hydroxyl groups is 1. The highest BCUT2D eigenvalue weighted by molar-refractivity contribution is 7.91. The van der Waals surface area contributed by atoms with E-state index < -0.39 is 31.7 Å². The summed E-state index contributed by atoms with van der Waals surface area (Å²) in [4.78, 5) is 15.4. The predicted octanol–water partition coefficient (Wildman–Crippen LogP) is 2.25. The third kappa shape index (κ3) is 4.17. The standard InChI is InChI=1S/C24H25N3O7S3/c1-36(30,31)10-9-14-12-35-23-21(14)37(32,33)26-22(25-23)18-20(28)17-15-7-8-16(34-15)19(17)27(24(18)29)11-13-5-3-2-4-6-13/h2-6,12,15-17,19,28H,7-11H2,1H3,(H,25,26). The average Bonchev–Trinajstić information content (AvgIpc) is 3.55. The van der Waals surface area contributed by atoms with Gasteiger partial charge in [-0.15, -0.1) is 15.7 Å². The molecule has 0 radical (unpaired) electrons. The van der Waals surface area contributed by atoms with E-state index in [-0.39, 0.29) is 64.0 Å². The molecule has 4 unspecified atom stereocenters. The third-order valence-electron chi connectivity index (χ3n) is 7.33. The number of hydrogen-bond acceptors (Lipinski definition) is 9. The largest absolute Gasteiger partial charge is 0.511 e. The van der Waals surface area contributed by atoms with Crippen LogP contribution in [0.25, 0.3) is 0 Å². The second kappa shape index (κ2) is 8.65. The van der Waals surface area contributed by atoms with Crippen LogP contribution in [0, 0.1) is 5.92 Å². The van der Waals surface area contributed by atoms with Crippen molar-refractivity contribution in [2.24, 2.45) is 10.3 Å². The van der Waals surface area contributed by atoms with Gasteiger partial charge >= 0.3 is 0 Å². The molecule has 2 N–H and O–H groups in total. The molecule has 4 atom stereocenters. The monoisotopic (exact) mass is 563 g/mol. The van der Waals surface area contributed by atoms with E-state index in [1.165, 1.54) is 0 Å². The highest BCUT2D eigenvalue weighted by atomic mass is 32.2. The van der Waals surface area contributed by atoms with Crippen LogP contribution in [-0.2, 0) is 42.4 Å². The summed E-state index contributed by atoms with van der Waals surface area (Å²) in [6.45, 7) is 0.282. The summed E-state index contributed by atoms with van der Waals surface area (Å²) in [5.74, 6) is -1.63. The molecule has 0 saturated carbocycles. The van der Waals surface area contributed by atoms with Gasteiger partial charge in [-0.25, -0.2) is 8.42 Å². The van der Waals surface area contributed by atoms with Gasteiger partial charge < -0.3 is 20.1 Å². The van der Waals surface area contributed by atoms with Crippen LogP contribution < -0.4 is 5.32 Å². The number of sulfone groups is 1. The van der Waals surface area contributed by atoms with Crippen molar-refractivity contribution in [2.75, 3.05) is 17.3 Å². The van der Waals surface area contributed by atoms with E-state index in [1.807, 2.05) is 30.3 Å². The molecule has 37 heavy (non-hydrogen) atoms. The van der Waals surface area contributed by atoms with E-state index in [2.05, 4.69) is 9.71 Å². The minimum atomic E-state index is -4.26. The minimum absolute atomic E-state index is 0.0261.